The van der Waals surface area contributed by atoms with Gasteiger partial charge in [0.2, 0.25) is 16.9 Å². The average molecular weight is 907 g/mol. The fourth-order valence-corrected chi connectivity index (χ4v) is 8.20. The normalized spacial score (nSPS) is 18.6. The van der Waals surface area contributed by atoms with Gasteiger partial charge in [0.25, 0.3) is 5.56 Å². The number of halogens is 4. The molecule has 2 aromatic heterocycles. The molecule has 0 fully saturated rings. The summed E-state index contributed by atoms with van der Waals surface area (Å²) in [4.78, 5) is 85.0. The Bertz CT molecular complexity index is 2600. The van der Waals surface area contributed by atoms with Crippen molar-refractivity contribution in [2.45, 2.75) is 62.0 Å². The molecule has 0 saturated carbocycles. The Morgan fingerprint density at radius 1 is 0.938 bits per heavy atom. The van der Waals surface area contributed by atoms with Gasteiger partial charge >= 0.3 is 24.1 Å². The highest BCUT2D eigenvalue weighted by Gasteiger charge is 2.56. The molecule has 4 bridgehead atoms. The van der Waals surface area contributed by atoms with E-state index < -0.39 is 88.8 Å². The Morgan fingerprint density at radius 3 is 2.19 bits per heavy atom. The summed E-state index contributed by atoms with van der Waals surface area (Å²) in [7, 11) is 1.56. The number of alkyl halides is 3. The van der Waals surface area contributed by atoms with Gasteiger partial charge < -0.3 is 29.2 Å². The van der Waals surface area contributed by atoms with Crippen molar-refractivity contribution in [2.75, 3.05) is 26.2 Å². The molecule has 64 heavy (non-hydrogen) atoms. The number of nitrogens with zero attached hydrogens (tertiary/aromatic N) is 6. The van der Waals surface area contributed by atoms with E-state index in [2.05, 4.69) is 10.1 Å². The molecule has 0 radical (unpaired) electrons. The van der Waals surface area contributed by atoms with Crippen LogP contribution in [0.5, 0.6) is 5.88 Å². The fraction of sp³-hybridized carbons (Fsp3) is 0.341. The van der Waals surface area contributed by atoms with Crippen LogP contribution in [0.15, 0.2) is 95.1 Å². The van der Waals surface area contributed by atoms with E-state index in [9.17, 15) is 46.6 Å². The molecule has 1 N–H and O–H groups in total. The van der Waals surface area contributed by atoms with Gasteiger partial charge in [-0.25, -0.2) is 14.0 Å². The Balaban J connectivity index is 1.24. The molecule has 3 aliphatic heterocycles. The minimum absolute atomic E-state index is 0.0510. The summed E-state index contributed by atoms with van der Waals surface area (Å²) in [5.74, 6) is -8.29. The van der Waals surface area contributed by atoms with Gasteiger partial charge in [-0.3, -0.25) is 19.1 Å². The lowest BCUT2D eigenvalue weighted by atomic mass is 9.81. The third-order valence-corrected chi connectivity index (χ3v) is 12.0. The molecule has 5 aromatic rings. The molecular weight excluding hydrogens is 865 g/mol. The third-order valence-electron chi connectivity index (χ3n) is 11.0. The van der Waals surface area contributed by atoms with E-state index in [0.717, 1.165) is 23.9 Å². The van der Waals surface area contributed by atoms with Crippen LogP contribution in [0, 0.1) is 11.7 Å². The highest BCUT2D eigenvalue weighted by molar-refractivity contribution is 7.98. The van der Waals surface area contributed by atoms with Crippen molar-refractivity contribution in [2.24, 2.45) is 13.0 Å². The van der Waals surface area contributed by atoms with E-state index in [4.69, 9.17) is 14.3 Å². The van der Waals surface area contributed by atoms with Crippen molar-refractivity contribution < 1.29 is 56.2 Å². The van der Waals surface area contributed by atoms with Crippen LogP contribution in [0.25, 0.3) is 11.1 Å². The number of hydrogen-bond acceptors (Lipinski definition) is 13. The predicted molar refractivity (Wildman–Crippen MR) is 221 cm³/mol. The number of thioether (sulfide) groups is 1. The first-order chi connectivity index (χ1) is 30.5. The first-order valence-corrected chi connectivity index (χ1v) is 21.1. The number of aryl methyl sites for hydroxylation is 1. The summed E-state index contributed by atoms with van der Waals surface area (Å²) in [6.45, 7) is 5.55. The Labute approximate surface area is 367 Å². The average Bonchev–Trinajstić information content (AvgIpc) is 3.71. The minimum atomic E-state index is -4.50. The first-order valence-electron chi connectivity index (χ1n) is 20.1. The maximum absolute atomic E-state index is 14.5. The Hall–Kier alpha value is -6.38. The van der Waals surface area contributed by atoms with Crippen LogP contribution >= 0.6 is 11.8 Å². The number of hydrogen-bond donors (Lipinski definition) is 1. The van der Waals surface area contributed by atoms with Crippen molar-refractivity contribution in [3.05, 3.63) is 129 Å². The highest BCUT2D eigenvalue weighted by atomic mass is 32.2. The zero-order valence-electron chi connectivity index (χ0n) is 34.7. The summed E-state index contributed by atoms with van der Waals surface area (Å²) in [6, 6.07) is 16.8. The van der Waals surface area contributed by atoms with E-state index in [0.29, 0.717) is 46.6 Å². The monoisotopic (exact) mass is 906 g/mol. The first kappa shape index (κ1) is 45.6. The number of aromatic nitrogens is 4. The van der Waals surface area contributed by atoms with E-state index >= 15 is 0 Å². The van der Waals surface area contributed by atoms with Gasteiger partial charge in [0.15, 0.2) is 11.7 Å². The van der Waals surface area contributed by atoms with Crippen molar-refractivity contribution in [1.82, 2.24) is 29.3 Å². The molecule has 5 heterocycles. The van der Waals surface area contributed by atoms with Crippen LogP contribution in [0.1, 0.15) is 60.6 Å². The molecule has 0 aliphatic carbocycles. The van der Waals surface area contributed by atoms with Gasteiger partial charge in [0.05, 0.1) is 18.2 Å². The lowest BCUT2D eigenvalue weighted by molar-refractivity contribution is -0.183. The van der Waals surface area contributed by atoms with Crippen LogP contribution in [-0.2, 0) is 49.4 Å². The number of carbonyl (C=O) groups excluding carboxylic acids is 4. The standard InChI is InChI=1S/C44H42F4N6O9S/c1-4-52(5-2)18-19-53(23-26-6-10-28(11-7-26)29-12-14-31(15-13-29)44(46,47)48)34(55)20-33-40(58)63-54-39(57)36-37(30-22-49-51(3)24-30)61-35(56)21-43(33,60)41(59)62-38(36)50-42(54)64-25-27-8-16-32(45)17-9-27/h6-17,22,24,33,37,60H,4-5,18-21,23,25H2,1-3H3. The Kier molecular flexibility index (Phi) is 13.4. The SMILES string of the molecule is CCN(CC)CCN(Cc1ccc(-c2ccc(C(F)(F)F)cc2)cc1)C(=O)CC1C(=O)On2c(SCc3ccc(F)cc3)nc3c(c2=O)C(c2cnn(C)c2)OC(=O)CC1(O)C(=O)O3. The zero-order valence-corrected chi connectivity index (χ0v) is 35.5. The van der Waals surface area contributed by atoms with Gasteiger partial charge in [-0.1, -0.05) is 74.1 Å². The van der Waals surface area contributed by atoms with Crippen LogP contribution in [-0.4, -0.2) is 90.0 Å². The number of amides is 1. The topological polar surface area (TPSA) is 175 Å². The number of ether oxygens (including phenoxy) is 2. The zero-order chi connectivity index (χ0) is 45.9. The minimum Gasteiger partial charge on any atom is -0.452 e. The summed E-state index contributed by atoms with van der Waals surface area (Å²) in [6.07, 6.45) is -5.52. The van der Waals surface area contributed by atoms with Gasteiger partial charge in [0.1, 0.15) is 17.3 Å². The van der Waals surface area contributed by atoms with Crippen LogP contribution in [0.2, 0.25) is 0 Å². The number of likely N-dealkylation sites (N-methyl/N-ethyl adjacent to an activating group) is 1. The van der Waals surface area contributed by atoms with Gasteiger partial charge in [-0.05, 0) is 59.6 Å². The lowest BCUT2D eigenvalue weighted by Gasteiger charge is -2.33. The number of aliphatic hydroxyl groups is 1. The molecule has 20 heteroatoms. The molecule has 3 aromatic carbocycles. The lowest BCUT2D eigenvalue weighted by Crippen LogP contribution is -2.57. The number of carbonyl (C=O) groups is 4. The summed E-state index contributed by atoms with van der Waals surface area (Å²) < 4.78 is 66.5. The van der Waals surface area contributed by atoms with Crippen molar-refractivity contribution in [1.29, 1.82) is 0 Å². The largest absolute Gasteiger partial charge is 0.452 e. The maximum atomic E-state index is 14.5. The smallest absolute Gasteiger partial charge is 0.416 e. The molecule has 336 valence electrons. The van der Waals surface area contributed by atoms with Crippen molar-refractivity contribution >= 4 is 35.6 Å². The third kappa shape index (κ3) is 9.88. The molecule has 3 aliphatic rings. The Morgan fingerprint density at radius 2 is 1.58 bits per heavy atom. The second-order valence-electron chi connectivity index (χ2n) is 15.2. The summed E-state index contributed by atoms with van der Waals surface area (Å²) in [5.41, 5.74) is -3.09. The van der Waals surface area contributed by atoms with Crippen LogP contribution in [0.4, 0.5) is 17.6 Å². The number of esters is 2. The number of benzene rings is 3. The molecule has 15 nitrogen and oxygen atoms in total. The quantitative estimate of drug-likeness (QED) is 0.0675. The van der Waals surface area contributed by atoms with Gasteiger partial charge in [0, 0.05) is 50.6 Å². The summed E-state index contributed by atoms with van der Waals surface area (Å²) in [5, 5.41) is 16.1. The van der Waals surface area contributed by atoms with Crippen molar-refractivity contribution in [3.8, 4) is 17.0 Å². The van der Waals surface area contributed by atoms with Gasteiger partial charge in [-0.2, -0.15) is 23.3 Å². The summed E-state index contributed by atoms with van der Waals surface area (Å²) >= 11 is 0.856. The highest BCUT2D eigenvalue weighted by Crippen LogP contribution is 2.39. The predicted octanol–water partition coefficient (Wildman–Crippen LogP) is 5.11. The van der Waals surface area contributed by atoms with Crippen LogP contribution < -0.4 is 15.1 Å². The molecule has 0 saturated heterocycles. The molecular formula is C44H42F4N6O9S. The van der Waals surface area contributed by atoms with E-state index in [1.54, 1.807) is 31.3 Å². The number of fused-ring (bicyclic) bond motifs is 3. The fourth-order valence-electron chi connectivity index (χ4n) is 7.33. The number of rotatable bonds is 14. The van der Waals surface area contributed by atoms with Crippen LogP contribution in [0.3, 0.4) is 0 Å². The second kappa shape index (κ2) is 18.8. The molecule has 0 spiro atoms. The molecule has 3 atom stereocenters. The maximum Gasteiger partial charge on any atom is 0.416 e. The molecule has 1 amide bonds. The van der Waals surface area contributed by atoms with E-state index in [1.165, 1.54) is 58.4 Å². The van der Waals surface area contributed by atoms with E-state index in [1.807, 2.05) is 18.7 Å². The molecule has 8 rings (SSSR count). The van der Waals surface area contributed by atoms with E-state index in [-0.39, 0.29) is 29.6 Å². The van der Waals surface area contributed by atoms with Gasteiger partial charge in [-0.15, -0.1) is 4.73 Å². The number of cyclic esters (lactones) is 1. The van der Waals surface area contributed by atoms with Crippen molar-refractivity contribution in [3.63, 3.8) is 0 Å². The molecule has 3 unspecified atom stereocenters. The second-order valence-corrected chi connectivity index (χ2v) is 16.2.